The van der Waals surface area contributed by atoms with Crippen LogP contribution in [0.25, 0.3) is 0 Å². The smallest absolute Gasteiger partial charge is 0.236 e. The summed E-state index contributed by atoms with van der Waals surface area (Å²) in [7, 11) is 0. The first-order chi connectivity index (χ1) is 9.95. The van der Waals surface area contributed by atoms with Gasteiger partial charge in [-0.3, -0.25) is 0 Å². The van der Waals surface area contributed by atoms with E-state index >= 15 is 0 Å². The van der Waals surface area contributed by atoms with E-state index in [2.05, 4.69) is 55.2 Å². The highest BCUT2D eigenvalue weighted by molar-refractivity contribution is 5.85. The molecule has 5 heteroatoms. The Balaban J connectivity index is 0.00000176. The van der Waals surface area contributed by atoms with Crippen molar-refractivity contribution in [1.29, 1.82) is 0 Å². The van der Waals surface area contributed by atoms with Crippen LogP contribution in [0.3, 0.4) is 0 Å². The van der Waals surface area contributed by atoms with Crippen LogP contribution in [0.1, 0.15) is 62.9 Å². The molecule has 1 aromatic carbocycles. The van der Waals surface area contributed by atoms with Gasteiger partial charge in [-0.15, -0.1) is 12.4 Å². The van der Waals surface area contributed by atoms with Gasteiger partial charge in [-0.2, -0.15) is 4.98 Å². The zero-order valence-electron chi connectivity index (χ0n) is 13.4. The van der Waals surface area contributed by atoms with E-state index in [4.69, 9.17) is 10.3 Å². The van der Waals surface area contributed by atoms with Gasteiger partial charge in [0.2, 0.25) is 5.89 Å². The highest BCUT2D eigenvalue weighted by atomic mass is 35.5. The standard InChI is InChI=1S/C17H23N3O.ClH/c1-4-12-6-8-13(9-7-12)16(2,3)15-19-14(20-21-15)17(18)10-5-11-17;/h6-9H,4-5,10-11,18H2,1-3H3;1H. The molecule has 0 aliphatic heterocycles. The fourth-order valence-electron chi connectivity index (χ4n) is 2.74. The summed E-state index contributed by atoms with van der Waals surface area (Å²) in [6, 6.07) is 8.60. The molecule has 0 bridgehead atoms. The van der Waals surface area contributed by atoms with Gasteiger partial charge in [0.15, 0.2) is 5.82 Å². The average molecular weight is 322 g/mol. The first-order valence-corrected chi connectivity index (χ1v) is 7.69. The summed E-state index contributed by atoms with van der Waals surface area (Å²) in [5.74, 6) is 1.29. The van der Waals surface area contributed by atoms with E-state index in [9.17, 15) is 0 Å². The van der Waals surface area contributed by atoms with Gasteiger partial charge in [0.25, 0.3) is 0 Å². The van der Waals surface area contributed by atoms with Gasteiger partial charge in [-0.1, -0.05) is 36.3 Å². The van der Waals surface area contributed by atoms with E-state index in [0.717, 1.165) is 25.7 Å². The second-order valence-corrected chi connectivity index (χ2v) is 6.61. The van der Waals surface area contributed by atoms with Crippen molar-refractivity contribution in [2.24, 2.45) is 5.73 Å². The highest BCUT2D eigenvalue weighted by Gasteiger charge is 2.40. The third-order valence-corrected chi connectivity index (χ3v) is 4.74. The summed E-state index contributed by atoms with van der Waals surface area (Å²) in [4.78, 5) is 4.59. The van der Waals surface area contributed by atoms with Crippen LogP contribution in [0, 0.1) is 0 Å². The predicted octanol–water partition coefficient (Wildman–Crippen LogP) is 3.72. The fourth-order valence-corrected chi connectivity index (χ4v) is 2.74. The summed E-state index contributed by atoms with van der Waals surface area (Å²) < 4.78 is 5.52. The largest absolute Gasteiger partial charge is 0.338 e. The lowest BCUT2D eigenvalue weighted by Gasteiger charge is -2.34. The molecule has 1 aliphatic rings. The van der Waals surface area contributed by atoms with E-state index in [1.54, 1.807) is 0 Å². The average Bonchev–Trinajstić information content (AvgIpc) is 2.95. The molecule has 2 aromatic rings. The van der Waals surface area contributed by atoms with Gasteiger partial charge >= 0.3 is 0 Å². The van der Waals surface area contributed by atoms with E-state index < -0.39 is 0 Å². The monoisotopic (exact) mass is 321 g/mol. The van der Waals surface area contributed by atoms with E-state index in [-0.39, 0.29) is 23.4 Å². The van der Waals surface area contributed by atoms with Crippen molar-refractivity contribution in [3.05, 3.63) is 47.1 Å². The fraction of sp³-hybridized carbons (Fsp3) is 0.529. The molecule has 0 radical (unpaired) electrons. The SMILES string of the molecule is CCc1ccc(C(C)(C)c2nc(C3(N)CCC3)no2)cc1.Cl. The second-order valence-electron chi connectivity index (χ2n) is 6.61. The number of aryl methyl sites for hydroxylation is 1. The Kier molecular flexibility index (Phi) is 4.64. The maximum absolute atomic E-state index is 6.27. The van der Waals surface area contributed by atoms with Crippen molar-refractivity contribution in [1.82, 2.24) is 10.1 Å². The number of nitrogens with zero attached hydrogens (tertiary/aromatic N) is 2. The van der Waals surface area contributed by atoms with Crippen LogP contribution in [0.4, 0.5) is 0 Å². The topological polar surface area (TPSA) is 64.9 Å². The summed E-state index contributed by atoms with van der Waals surface area (Å²) in [5, 5.41) is 4.12. The molecular formula is C17H24ClN3O. The predicted molar refractivity (Wildman–Crippen MR) is 89.2 cm³/mol. The van der Waals surface area contributed by atoms with Crippen molar-refractivity contribution in [3.8, 4) is 0 Å². The number of rotatable bonds is 4. The number of hydrogen-bond donors (Lipinski definition) is 1. The molecule has 1 aromatic heterocycles. The molecule has 2 N–H and O–H groups in total. The maximum Gasteiger partial charge on any atom is 0.236 e. The molecule has 0 unspecified atom stereocenters. The Morgan fingerprint density at radius 1 is 1.23 bits per heavy atom. The van der Waals surface area contributed by atoms with E-state index in [0.29, 0.717) is 11.7 Å². The molecule has 0 amide bonds. The summed E-state index contributed by atoms with van der Waals surface area (Å²) in [6.07, 6.45) is 4.07. The zero-order valence-corrected chi connectivity index (χ0v) is 14.2. The third-order valence-electron chi connectivity index (χ3n) is 4.74. The summed E-state index contributed by atoms with van der Waals surface area (Å²) in [5.41, 5.74) is 8.10. The van der Waals surface area contributed by atoms with Crippen molar-refractivity contribution < 1.29 is 4.52 Å². The van der Waals surface area contributed by atoms with Gasteiger partial charge in [-0.25, -0.2) is 0 Å². The molecule has 0 saturated heterocycles. The Morgan fingerprint density at radius 3 is 2.36 bits per heavy atom. The Morgan fingerprint density at radius 2 is 1.86 bits per heavy atom. The number of aromatic nitrogens is 2. The minimum Gasteiger partial charge on any atom is -0.338 e. The second kappa shape index (κ2) is 6.01. The van der Waals surface area contributed by atoms with Crippen molar-refractivity contribution in [2.75, 3.05) is 0 Å². The lowest BCUT2D eigenvalue weighted by Crippen LogP contribution is -2.44. The Labute approximate surface area is 137 Å². The molecule has 1 fully saturated rings. The van der Waals surface area contributed by atoms with Crippen LogP contribution in [-0.4, -0.2) is 10.1 Å². The molecular weight excluding hydrogens is 298 g/mol. The molecule has 0 atom stereocenters. The van der Waals surface area contributed by atoms with Crippen LogP contribution in [0.2, 0.25) is 0 Å². The van der Waals surface area contributed by atoms with E-state index in [1.165, 1.54) is 11.1 Å². The van der Waals surface area contributed by atoms with Crippen LogP contribution in [0.15, 0.2) is 28.8 Å². The van der Waals surface area contributed by atoms with Crippen LogP contribution < -0.4 is 5.73 Å². The molecule has 22 heavy (non-hydrogen) atoms. The minimum absolute atomic E-state index is 0. The molecule has 0 spiro atoms. The molecule has 1 saturated carbocycles. The molecule has 1 heterocycles. The van der Waals surface area contributed by atoms with Crippen molar-refractivity contribution >= 4 is 12.4 Å². The molecule has 1 aliphatic carbocycles. The zero-order chi connectivity index (χ0) is 15.1. The van der Waals surface area contributed by atoms with Gasteiger partial charge in [0, 0.05) is 0 Å². The van der Waals surface area contributed by atoms with Gasteiger partial charge in [-0.05, 0) is 50.7 Å². The number of nitrogens with two attached hydrogens (primary N) is 1. The van der Waals surface area contributed by atoms with Crippen molar-refractivity contribution in [2.45, 2.75) is 57.4 Å². The first kappa shape index (κ1) is 17.0. The Hall–Kier alpha value is -1.39. The maximum atomic E-state index is 6.27. The van der Waals surface area contributed by atoms with Crippen LogP contribution in [-0.2, 0) is 17.4 Å². The van der Waals surface area contributed by atoms with Gasteiger partial charge in [0.1, 0.15) is 0 Å². The number of benzene rings is 1. The molecule has 3 rings (SSSR count). The minimum atomic E-state index is -0.371. The lowest BCUT2D eigenvalue weighted by atomic mass is 9.77. The van der Waals surface area contributed by atoms with Crippen LogP contribution >= 0.6 is 12.4 Å². The van der Waals surface area contributed by atoms with Gasteiger partial charge in [0.05, 0.1) is 11.0 Å². The molecule has 4 nitrogen and oxygen atoms in total. The van der Waals surface area contributed by atoms with E-state index in [1.807, 2.05) is 0 Å². The third kappa shape index (κ3) is 2.77. The van der Waals surface area contributed by atoms with Crippen LogP contribution in [0.5, 0.6) is 0 Å². The van der Waals surface area contributed by atoms with Crippen molar-refractivity contribution in [3.63, 3.8) is 0 Å². The number of halogens is 1. The normalized spacial score (nSPS) is 16.7. The quantitative estimate of drug-likeness (QED) is 0.932. The Bertz CT molecular complexity index is 630. The first-order valence-electron chi connectivity index (χ1n) is 7.69. The lowest BCUT2D eigenvalue weighted by molar-refractivity contribution is 0.228. The summed E-state index contributed by atoms with van der Waals surface area (Å²) in [6.45, 7) is 6.37. The molecule has 120 valence electrons. The highest BCUT2D eigenvalue weighted by Crippen LogP contribution is 2.38. The number of hydrogen-bond acceptors (Lipinski definition) is 4. The van der Waals surface area contributed by atoms with Gasteiger partial charge < -0.3 is 10.3 Å². The summed E-state index contributed by atoms with van der Waals surface area (Å²) >= 11 is 0.